The zero-order valence-electron chi connectivity index (χ0n) is 27.2. The quantitative estimate of drug-likeness (QED) is 0.182. The van der Waals surface area contributed by atoms with E-state index >= 15 is 0 Å². The summed E-state index contributed by atoms with van der Waals surface area (Å²) in [6, 6.07) is 28.2. The molecule has 1 aliphatic heterocycles. The van der Waals surface area contributed by atoms with Crippen molar-refractivity contribution in [1.29, 1.82) is 0 Å². The fourth-order valence-corrected chi connectivity index (χ4v) is 5.80. The summed E-state index contributed by atoms with van der Waals surface area (Å²) in [7, 11) is 1.97. The normalized spacial score (nSPS) is 13.6. The van der Waals surface area contributed by atoms with E-state index in [1.807, 2.05) is 105 Å². The van der Waals surface area contributed by atoms with Crippen LogP contribution in [0.2, 0.25) is 0 Å². The van der Waals surface area contributed by atoms with Crippen LogP contribution >= 0.6 is 0 Å². The minimum Gasteiger partial charge on any atom is -0.473 e. The van der Waals surface area contributed by atoms with E-state index in [0.717, 1.165) is 57.6 Å². The van der Waals surface area contributed by atoms with Crippen molar-refractivity contribution in [3.05, 3.63) is 102 Å². The van der Waals surface area contributed by atoms with Gasteiger partial charge in [0.05, 0.1) is 11.1 Å². The first-order chi connectivity index (χ1) is 22.2. The Labute approximate surface area is 270 Å². The highest BCUT2D eigenvalue weighted by Crippen LogP contribution is 2.38. The van der Waals surface area contributed by atoms with Crippen LogP contribution in [-0.4, -0.2) is 57.5 Å². The number of hydrogen-bond donors (Lipinski definition) is 0. The molecule has 6 rings (SSSR count). The van der Waals surface area contributed by atoms with Crippen molar-refractivity contribution in [2.45, 2.75) is 46.5 Å². The van der Waals surface area contributed by atoms with E-state index < -0.39 is 5.60 Å². The van der Waals surface area contributed by atoms with Crippen LogP contribution in [0.1, 0.15) is 37.5 Å². The molecule has 46 heavy (non-hydrogen) atoms. The average Bonchev–Trinajstić information content (AvgIpc) is 3.39. The molecule has 1 amide bonds. The molecule has 2 aromatic heterocycles. The Kier molecular flexibility index (Phi) is 8.83. The molecule has 0 unspecified atom stereocenters. The molecule has 0 bridgehead atoms. The molecular formula is C37H41N5O4. The van der Waals surface area contributed by atoms with E-state index in [-0.39, 0.29) is 6.09 Å². The number of piperazine rings is 1. The topological polar surface area (TPSA) is 82.0 Å². The molecule has 1 fully saturated rings. The molecule has 0 radical (unpaired) electrons. The number of benzene rings is 3. The zero-order valence-corrected chi connectivity index (χ0v) is 27.2. The van der Waals surface area contributed by atoms with Gasteiger partial charge in [-0.05, 0) is 62.6 Å². The fraction of sp³-hybridized carbons (Fsp3) is 0.324. The van der Waals surface area contributed by atoms with E-state index in [1.54, 1.807) is 4.90 Å². The van der Waals surface area contributed by atoms with Crippen molar-refractivity contribution < 1.29 is 19.0 Å². The van der Waals surface area contributed by atoms with Gasteiger partial charge in [-0.1, -0.05) is 60.7 Å². The first kappa shape index (κ1) is 31.0. The fourth-order valence-electron chi connectivity index (χ4n) is 5.80. The standard InChI is InChI=1S/C37H41N5O4/c1-26-31(41-20-22-42(23-21-41)36(43)46-37(2,3)4)18-16-29-33(39-40(5)34(26)29)30-17-19-32(44-24-27-12-8-6-9-13-27)38-35(30)45-25-28-14-10-7-11-15-28/h6-19H,20-25H2,1-5H3. The summed E-state index contributed by atoms with van der Waals surface area (Å²) in [6.07, 6.45) is -0.258. The van der Waals surface area contributed by atoms with Gasteiger partial charge < -0.3 is 24.0 Å². The summed E-state index contributed by atoms with van der Waals surface area (Å²) in [6.45, 7) is 11.3. The van der Waals surface area contributed by atoms with E-state index in [0.29, 0.717) is 38.1 Å². The zero-order chi connectivity index (χ0) is 32.3. The molecule has 0 aliphatic carbocycles. The number of nitrogens with zero attached hydrogens (tertiary/aromatic N) is 5. The second-order valence-corrected chi connectivity index (χ2v) is 12.6. The van der Waals surface area contributed by atoms with Crippen molar-refractivity contribution in [3.8, 4) is 23.0 Å². The molecule has 3 heterocycles. The molecule has 3 aromatic carbocycles. The second kappa shape index (κ2) is 13.1. The lowest BCUT2D eigenvalue weighted by atomic mass is 10.0. The molecule has 9 nitrogen and oxygen atoms in total. The van der Waals surface area contributed by atoms with Crippen LogP contribution in [0.4, 0.5) is 10.5 Å². The van der Waals surface area contributed by atoms with Gasteiger partial charge in [-0.2, -0.15) is 10.1 Å². The summed E-state index contributed by atoms with van der Waals surface area (Å²) in [4.78, 5) is 21.5. The molecule has 9 heteroatoms. The predicted molar refractivity (Wildman–Crippen MR) is 180 cm³/mol. The van der Waals surface area contributed by atoms with E-state index in [9.17, 15) is 4.79 Å². The number of aryl methyl sites for hydroxylation is 2. The molecule has 0 spiro atoms. The number of aromatic nitrogens is 3. The van der Waals surface area contributed by atoms with E-state index in [4.69, 9.17) is 24.3 Å². The Balaban J connectivity index is 1.27. The van der Waals surface area contributed by atoms with Crippen LogP contribution in [0.5, 0.6) is 11.8 Å². The van der Waals surface area contributed by atoms with Crippen molar-refractivity contribution in [3.63, 3.8) is 0 Å². The average molecular weight is 620 g/mol. The summed E-state index contributed by atoms with van der Waals surface area (Å²) >= 11 is 0. The van der Waals surface area contributed by atoms with E-state index in [1.165, 1.54) is 0 Å². The minimum absolute atomic E-state index is 0.258. The number of pyridine rings is 1. The number of carbonyl (C=O) groups is 1. The number of amides is 1. The Morgan fingerprint density at radius 3 is 2.07 bits per heavy atom. The van der Waals surface area contributed by atoms with Crippen LogP contribution in [0, 0.1) is 6.92 Å². The Hall–Kier alpha value is -5.05. The molecule has 0 saturated carbocycles. The van der Waals surface area contributed by atoms with Crippen LogP contribution in [0.25, 0.3) is 22.2 Å². The predicted octanol–water partition coefficient (Wildman–Crippen LogP) is 7.16. The third-order valence-electron chi connectivity index (χ3n) is 8.04. The van der Waals surface area contributed by atoms with Gasteiger partial charge in [-0.15, -0.1) is 0 Å². The highest BCUT2D eigenvalue weighted by molar-refractivity contribution is 5.98. The summed E-state index contributed by atoms with van der Waals surface area (Å²) < 4.78 is 19.9. The molecule has 0 atom stereocenters. The van der Waals surface area contributed by atoms with Crippen LogP contribution in [0.3, 0.4) is 0 Å². The molecule has 1 saturated heterocycles. The van der Waals surface area contributed by atoms with Crippen LogP contribution in [0.15, 0.2) is 84.9 Å². The highest BCUT2D eigenvalue weighted by atomic mass is 16.6. The monoisotopic (exact) mass is 619 g/mol. The molecule has 5 aromatic rings. The van der Waals surface area contributed by atoms with Crippen LogP contribution in [-0.2, 0) is 25.0 Å². The number of hydrogen-bond acceptors (Lipinski definition) is 7. The lowest BCUT2D eigenvalue weighted by Gasteiger charge is -2.37. The largest absolute Gasteiger partial charge is 0.473 e. The summed E-state index contributed by atoms with van der Waals surface area (Å²) in [5.74, 6) is 0.953. The Morgan fingerprint density at radius 1 is 0.804 bits per heavy atom. The number of carbonyl (C=O) groups excluding carboxylic acids is 1. The summed E-state index contributed by atoms with van der Waals surface area (Å²) in [5.41, 5.74) is 6.50. The van der Waals surface area contributed by atoms with Gasteiger partial charge in [0.15, 0.2) is 0 Å². The summed E-state index contributed by atoms with van der Waals surface area (Å²) in [5, 5.41) is 6.00. The van der Waals surface area contributed by atoms with Crippen molar-refractivity contribution in [1.82, 2.24) is 19.7 Å². The second-order valence-electron chi connectivity index (χ2n) is 12.6. The maximum atomic E-state index is 12.6. The molecule has 0 N–H and O–H groups in total. The lowest BCUT2D eigenvalue weighted by molar-refractivity contribution is 0.0240. The Bertz CT molecular complexity index is 1810. The van der Waals surface area contributed by atoms with Gasteiger partial charge in [0.2, 0.25) is 11.8 Å². The number of anilines is 1. The minimum atomic E-state index is -0.509. The highest BCUT2D eigenvalue weighted by Gasteiger charge is 2.27. The van der Waals surface area contributed by atoms with Gasteiger partial charge in [0.1, 0.15) is 24.5 Å². The maximum absolute atomic E-state index is 12.6. The van der Waals surface area contributed by atoms with Crippen molar-refractivity contribution in [2.75, 3.05) is 31.1 Å². The van der Waals surface area contributed by atoms with Gasteiger partial charge in [0, 0.05) is 50.4 Å². The molecular weight excluding hydrogens is 578 g/mol. The van der Waals surface area contributed by atoms with Gasteiger partial charge in [0.25, 0.3) is 0 Å². The first-order valence-corrected chi connectivity index (χ1v) is 15.7. The number of rotatable bonds is 8. The van der Waals surface area contributed by atoms with Gasteiger partial charge in [-0.3, -0.25) is 4.68 Å². The first-order valence-electron chi connectivity index (χ1n) is 15.7. The SMILES string of the molecule is Cc1c(N2CCN(C(=O)OC(C)(C)C)CC2)ccc2c(-c3ccc(OCc4ccccc4)nc3OCc3ccccc3)nn(C)c12. The van der Waals surface area contributed by atoms with Gasteiger partial charge in [-0.25, -0.2) is 4.79 Å². The molecule has 238 valence electrons. The lowest BCUT2D eigenvalue weighted by Crippen LogP contribution is -2.50. The molecule has 1 aliphatic rings. The number of ether oxygens (including phenoxy) is 3. The van der Waals surface area contributed by atoms with Crippen LogP contribution < -0.4 is 14.4 Å². The van der Waals surface area contributed by atoms with Crippen molar-refractivity contribution in [2.24, 2.45) is 7.05 Å². The van der Waals surface area contributed by atoms with E-state index in [2.05, 4.69) is 24.0 Å². The van der Waals surface area contributed by atoms with Gasteiger partial charge >= 0.3 is 6.09 Å². The maximum Gasteiger partial charge on any atom is 0.410 e. The third kappa shape index (κ3) is 6.93. The Morgan fingerprint density at radius 2 is 1.43 bits per heavy atom. The third-order valence-corrected chi connectivity index (χ3v) is 8.04. The number of fused-ring (bicyclic) bond motifs is 1. The smallest absolute Gasteiger partial charge is 0.410 e. The van der Waals surface area contributed by atoms with Crippen molar-refractivity contribution >= 4 is 22.7 Å².